The van der Waals surface area contributed by atoms with Crippen LogP contribution in [0.4, 0.5) is 0 Å². The van der Waals surface area contributed by atoms with E-state index in [9.17, 15) is 151 Å². The second-order valence-corrected chi connectivity index (χ2v) is 37.8. The monoisotopic (exact) mass is 2000 g/mol. The number of likely N-dealkylation sites (N-methyl/N-ethyl adjacent to an activating group) is 1. The number of Topliss-reactive ketones (excluding diaryl/α,β-unsaturated/α-hetero) is 4. The average Bonchev–Trinajstić information content (AvgIpc) is 0.816. The van der Waals surface area contributed by atoms with Crippen molar-refractivity contribution in [3.63, 3.8) is 0 Å². The highest BCUT2D eigenvalue weighted by Crippen LogP contribution is 2.44. The number of nitrogens with one attached hydrogen (secondary N) is 1. The van der Waals surface area contributed by atoms with E-state index in [2.05, 4.69) is 5.32 Å². The van der Waals surface area contributed by atoms with Gasteiger partial charge >= 0.3 is 23.9 Å². The van der Waals surface area contributed by atoms with E-state index in [1.807, 2.05) is 6.92 Å². The SMILES string of the molecule is C.CCC(CSC1CCC1SCC(CC(=O)CCOCCC(C)=O)C(=O)O)C(=O)O.CN[C@H](CSCC1O[C@H]2O[C@H]3C(CO)O[C@H](O[C@@H]4C(CO)O[C@H](O[C@@H]5C(CO)O[C@H](O[C@@H]6C(CSC[C@@H](CC(=O)CCOCCOCCC(C)=O)C(=O)O)O[C@H](O[C@@H]7C(CO)O[C@@H](O[C@@H]8C(CO)O[C@@H](O[C@H]1[C@H](O)C2O)C(O)[C@H]8O)C(O)[C@H]7O)C(O)[C@H]6O)C(O)[C@H]5O)C(O)[C@H]4O)C(O)[C@H]3O)C(=O)O. The van der Waals surface area contributed by atoms with Gasteiger partial charge in [0, 0.05) is 83.5 Å². The first-order valence-corrected chi connectivity index (χ1v) is 47.6. The molecule has 0 amide bonds. The minimum absolute atomic E-state index is 0. The Labute approximate surface area is 781 Å². The molecule has 22 aliphatic rings. The van der Waals surface area contributed by atoms with Gasteiger partial charge < -0.3 is 203 Å². The van der Waals surface area contributed by atoms with Gasteiger partial charge in [0.15, 0.2) is 44.0 Å². The van der Waals surface area contributed by atoms with Crippen LogP contribution >= 0.6 is 47.0 Å². The van der Waals surface area contributed by atoms with E-state index >= 15 is 0 Å². The third kappa shape index (κ3) is 32.2. The highest BCUT2D eigenvalue weighted by Gasteiger charge is 2.60. The van der Waals surface area contributed by atoms with Gasteiger partial charge in [0.2, 0.25) is 0 Å². The van der Waals surface area contributed by atoms with Crippen LogP contribution in [0.15, 0.2) is 0 Å². The molecule has 14 bridgehead atoms. The second-order valence-electron chi connectivity index (χ2n) is 33.1. The molecule has 18 unspecified atom stereocenters. The topological polar surface area (TPSA) is 771 Å². The summed E-state index contributed by atoms with van der Waals surface area (Å²) >= 11 is 4.91. The van der Waals surface area contributed by atoms with Crippen molar-refractivity contribution < 1.29 is 236 Å². The van der Waals surface area contributed by atoms with Crippen molar-refractivity contribution in [1.29, 1.82) is 0 Å². The van der Waals surface area contributed by atoms with Crippen molar-refractivity contribution in [2.45, 2.75) is 317 Å². The number of thioether (sulfide) groups is 4. The molecule has 41 atom stereocenters. The van der Waals surface area contributed by atoms with Gasteiger partial charge in [-0.2, -0.15) is 47.0 Å². The number of aliphatic carboxylic acids is 4. The molecule has 0 aromatic rings. The molecular formula is C80H133NO48S4. The molecule has 49 nitrogen and oxygen atoms in total. The molecule has 22 fully saturated rings. The number of carboxylic acid groups (broad SMARTS) is 4. The predicted molar refractivity (Wildman–Crippen MR) is 453 cm³/mol. The average molecular weight is 2010 g/mol. The Morgan fingerprint density at radius 2 is 0.564 bits per heavy atom. The van der Waals surface area contributed by atoms with Crippen molar-refractivity contribution in [3.05, 3.63) is 0 Å². The molecule has 0 radical (unpaired) electrons. The first kappa shape index (κ1) is 116. The molecule has 53 heteroatoms. The Hall–Kier alpha value is -3.52. The number of carboxylic acids is 4. The molecular weight excluding hydrogens is 1870 g/mol. The molecule has 1 saturated carbocycles. The summed E-state index contributed by atoms with van der Waals surface area (Å²) < 4.78 is 98.5. The largest absolute Gasteiger partial charge is 0.481 e. The van der Waals surface area contributed by atoms with Crippen molar-refractivity contribution >= 4 is 94.1 Å². The zero-order chi connectivity index (χ0) is 97.2. The summed E-state index contributed by atoms with van der Waals surface area (Å²) in [5.41, 5.74) is 0. The van der Waals surface area contributed by atoms with Gasteiger partial charge in [0.1, 0.15) is 188 Å². The second kappa shape index (κ2) is 56.9. The predicted octanol–water partition coefficient (Wildman–Crippen LogP) is -9.24. The van der Waals surface area contributed by atoms with Crippen LogP contribution in [-0.4, -0.2) is 510 Å². The fraction of sp³-hybridized carbons (Fsp3) is 0.900. The summed E-state index contributed by atoms with van der Waals surface area (Å²) in [5.74, 6) is -8.04. The third-order valence-corrected chi connectivity index (χ3v) is 29.2. The number of ketones is 4. The van der Waals surface area contributed by atoms with E-state index in [0.717, 1.165) is 36.4 Å². The van der Waals surface area contributed by atoms with E-state index in [-0.39, 0.29) is 113 Å². The van der Waals surface area contributed by atoms with E-state index in [1.165, 1.54) is 20.9 Å². The van der Waals surface area contributed by atoms with Gasteiger partial charge in [-0.05, 0) is 40.2 Å². The van der Waals surface area contributed by atoms with E-state index in [0.29, 0.717) is 34.8 Å². The maximum absolute atomic E-state index is 13.0. The number of carbonyl (C=O) groups is 8. The lowest BCUT2D eigenvalue weighted by molar-refractivity contribution is -0.395. The summed E-state index contributed by atoms with van der Waals surface area (Å²) in [5, 5.41) is 259. The first-order chi connectivity index (χ1) is 62.8. The van der Waals surface area contributed by atoms with Gasteiger partial charge in [0.05, 0.1) is 103 Å². The molecule has 24 N–H and O–H groups in total. The molecule has 0 spiro atoms. The van der Waals surface area contributed by atoms with Crippen molar-refractivity contribution in [1.82, 2.24) is 5.32 Å². The van der Waals surface area contributed by atoms with E-state index < -0.39 is 308 Å². The molecule has 133 heavy (non-hydrogen) atoms. The van der Waals surface area contributed by atoms with Crippen LogP contribution in [0.5, 0.6) is 0 Å². The number of rotatable bonds is 44. The van der Waals surface area contributed by atoms with Gasteiger partial charge in [-0.15, -0.1) is 0 Å². The van der Waals surface area contributed by atoms with Crippen molar-refractivity contribution in [3.8, 4) is 0 Å². The van der Waals surface area contributed by atoms with Gasteiger partial charge in [-0.1, -0.05) is 14.4 Å². The standard InChI is InChI=1S/C59H97NO41S2.C20H32O7S2.CH4/c1-19(66)3-5-86-7-8-87-6-4-21(67)9-20(51(82)83)15-102-17-28-49-35(73)42(80)58(93-28)98-47-26(13-64)89-55(38(76)31(47)69)97-46-25(12-63)92-57(41(79)34(46)72)101-50-29(18-103-16-22(60-2)52(84)85)94-59(43(81)36(50)74)99-48-27(14-65)90-54(39(77)32(48)70)95-44-23(10-61)88-53(37(75)30(44)68)96-45-24(11-62)91-56(100-49)40(78)33(45)71;1-3-14(19(23)24)11-28-17-4-5-18(17)29-12-15(20(25)26)10-16(22)7-9-27-8-6-13(2)21;/h20,22-50,53-65,68-81H,3-18H2,1-2H3,(H,82,83)(H,84,85);14-15,17-18H,3-12H2,1-2H3,(H,23,24)(H,25,26);1H4/t20-,22-,23?,24?,25?,26?,27?,28?,29?,30-,31-,32-,33-,34-,35-,36-,37?,38?,39?,40?,41?,42?,43?,44-,45-,46-,47-,48+,49-,50-,53-,54-,55+,56-,57+,58-,59+;;/m1../s1. The number of ether oxygens (including phenoxy) is 17. The number of aliphatic hydroxyl groups is 19. The zero-order valence-electron chi connectivity index (χ0n) is 72.7. The fourth-order valence-electron chi connectivity index (χ4n) is 15.4. The van der Waals surface area contributed by atoms with Gasteiger partial charge in [-0.25, -0.2) is 0 Å². The van der Waals surface area contributed by atoms with Crippen LogP contribution in [0, 0.1) is 17.8 Å². The number of hydrogen-bond acceptors (Lipinski definition) is 49. The molecule has 1 aliphatic carbocycles. The Morgan fingerprint density at radius 3 is 0.805 bits per heavy atom. The Balaban J connectivity index is 0.000000686. The lowest BCUT2D eigenvalue weighted by Crippen LogP contribution is -2.68. The summed E-state index contributed by atoms with van der Waals surface area (Å²) in [6.07, 6.45) is -70.0. The maximum Gasteiger partial charge on any atom is 0.321 e. The van der Waals surface area contributed by atoms with Crippen molar-refractivity contribution in [2.75, 3.05) is 114 Å². The molecule has 22 rings (SSSR count). The van der Waals surface area contributed by atoms with Crippen LogP contribution in [0.3, 0.4) is 0 Å². The molecule has 21 aliphatic heterocycles. The van der Waals surface area contributed by atoms with Gasteiger partial charge in [0.25, 0.3) is 0 Å². The summed E-state index contributed by atoms with van der Waals surface area (Å²) in [4.78, 5) is 94.2. The van der Waals surface area contributed by atoms with Crippen molar-refractivity contribution in [2.24, 2.45) is 17.8 Å². The molecule has 21 saturated heterocycles. The van der Waals surface area contributed by atoms with E-state index in [1.54, 1.807) is 23.5 Å². The highest BCUT2D eigenvalue weighted by molar-refractivity contribution is 8.04. The Morgan fingerprint density at radius 1 is 0.323 bits per heavy atom. The lowest BCUT2D eigenvalue weighted by atomic mass is 9.95. The Bertz CT molecular complexity index is 3520. The molecule has 770 valence electrons. The lowest BCUT2D eigenvalue weighted by Gasteiger charge is -2.50. The first-order valence-electron chi connectivity index (χ1n) is 43.2. The summed E-state index contributed by atoms with van der Waals surface area (Å²) in [7, 11) is 1.35. The maximum atomic E-state index is 13.0. The number of hydrogen-bond donors (Lipinski definition) is 24. The van der Waals surface area contributed by atoms with E-state index in [4.69, 9.17) is 85.6 Å². The minimum Gasteiger partial charge on any atom is -0.481 e. The molecule has 0 aromatic carbocycles. The Kier molecular flexibility index (Phi) is 49.9. The van der Waals surface area contributed by atoms with Crippen LogP contribution in [0.2, 0.25) is 0 Å². The quantitative estimate of drug-likeness (QED) is 0.0252. The molecule has 21 heterocycles. The smallest absolute Gasteiger partial charge is 0.321 e. The summed E-state index contributed by atoms with van der Waals surface area (Å²) in [6.45, 7) is -0.0778. The van der Waals surface area contributed by atoms with Crippen LogP contribution < -0.4 is 5.32 Å². The number of aliphatic hydroxyl groups excluding tert-OH is 19. The van der Waals surface area contributed by atoms with Crippen LogP contribution in [-0.2, 0) is 119 Å². The zero-order valence-corrected chi connectivity index (χ0v) is 75.9. The normalized spacial score (nSPS) is 39.2. The van der Waals surface area contributed by atoms with Crippen LogP contribution in [0.1, 0.15) is 86.0 Å². The third-order valence-electron chi connectivity index (χ3n) is 23.5. The summed E-state index contributed by atoms with van der Waals surface area (Å²) in [6, 6.07) is -1.18. The van der Waals surface area contributed by atoms with Crippen LogP contribution in [0.25, 0.3) is 0 Å². The molecule has 0 aromatic heterocycles. The minimum atomic E-state index is -2.31. The number of carbonyl (C=O) groups excluding carboxylic acids is 4. The highest BCUT2D eigenvalue weighted by atomic mass is 32.2. The fourth-order valence-corrected chi connectivity index (χ4v) is 21.1. The van der Waals surface area contributed by atoms with Gasteiger partial charge in [-0.3, -0.25) is 38.4 Å².